The van der Waals surface area contributed by atoms with Gasteiger partial charge in [0.05, 0.1) is 5.02 Å². The predicted molar refractivity (Wildman–Crippen MR) is 57.8 cm³/mol. The van der Waals surface area contributed by atoms with Crippen LogP contribution >= 0.6 is 11.6 Å². The Kier molecular flexibility index (Phi) is 3.67. The molecule has 0 bridgehead atoms. The quantitative estimate of drug-likeness (QED) is 0.765. The number of rotatable bonds is 3. The Morgan fingerprint density at radius 3 is 2.86 bits per heavy atom. The SMILES string of the molecule is C=C(C)C[C@H](N)c1cccc(Cl)c1F. The molecule has 0 saturated heterocycles. The first-order valence-corrected chi connectivity index (χ1v) is 4.74. The molecule has 0 amide bonds. The number of hydrogen-bond donors (Lipinski definition) is 1. The third-order valence-corrected chi connectivity index (χ3v) is 2.24. The Balaban J connectivity index is 2.95. The Labute approximate surface area is 88.4 Å². The molecular formula is C11H13ClFN. The van der Waals surface area contributed by atoms with Crippen molar-refractivity contribution in [3.63, 3.8) is 0 Å². The van der Waals surface area contributed by atoms with Crippen LogP contribution in [-0.4, -0.2) is 0 Å². The second-order valence-corrected chi connectivity index (χ2v) is 3.82. The average Bonchev–Trinajstić information content (AvgIpc) is 2.08. The molecule has 0 aliphatic rings. The molecule has 0 aliphatic carbocycles. The highest BCUT2D eigenvalue weighted by Crippen LogP contribution is 2.25. The first-order chi connectivity index (χ1) is 6.52. The van der Waals surface area contributed by atoms with Crippen LogP contribution in [0.5, 0.6) is 0 Å². The summed E-state index contributed by atoms with van der Waals surface area (Å²) in [5.74, 6) is -0.428. The lowest BCUT2D eigenvalue weighted by Crippen LogP contribution is -2.12. The molecule has 76 valence electrons. The molecule has 1 rings (SSSR count). The monoisotopic (exact) mass is 213 g/mol. The molecule has 1 nitrogen and oxygen atoms in total. The van der Waals surface area contributed by atoms with E-state index in [0.29, 0.717) is 12.0 Å². The van der Waals surface area contributed by atoms with Crippen molar-refractivity contribution < 1.29 is 4.39 Å². The van der Waals surface area contributed by atoms with E-state index in [1.54, 1.807) is 12.1 Å². The zero-order valence-electron chi connectivity index (χ0n) is 8.06. The lowest BCUT2D eigenvalue weighted by molar-refractivity contribution is 0.580. The maximum atomic E-state index is 13.5. The van der Waals surface area contributed by atoms with E-state index in [1.807, 2.05) is 6.92 Å². The summed E-state index contributed by atoms with van der Waals surface area (Å²) >= 11 is 5.64. The Hall–Kier alpha value is -0.860. The van der Waals surface area contributed by atoms with Crippen molar-refractivity contribution in [3.8, 4) is 0 Å². The van der Waals surface area contributed by atoms with E-state index in [2.05, 4.69) is 6.58 Å². The normalized spacial score (nSPS) is 12.6. The molecule has 1 aromatic rings. The van der Waals surface area contributed by atoms with Crippen LogP contribution in [0.1, 0.15) is 24.9 Å². The van der Waals surface area contributed by atoms with Gasteiger partial charge in [0, 0.05) is 11.6 Å². The van der Waals surface area contributed by atoms with Gasteiger partial charge in [0.1, 0.15) is 5.82 Å². The largest absolute Gasteiger partial charge is 0.324 e. The van der Waals surface area contributed by atoms with Gasteiger partial charge in [-0.05, 0) is 19.4 Å². The Bertz CT molecular complexity index is 349. The van der Waals surface area contributed by atoms with Crippen molar-refractivity contribution in [2.45, 2.75) is 19.4 Å². The third-order valence-electron chi connectivity index (χ3n) is 1.95. The van der Waals surface area contributed by atoms with Gasteiger partial charge in [-0.15, -0.1) is 6.58 Å². The smallest absolute Gasteiger partial charge is 0.146 e. The van der Waals surface area contributed by atoms with E-state index in [0.717, 1.165) is 5.57 Å². The van der Waals surface area contributed by atoms with E-state index in [4.69, 9.17) is 17.3 Å². The van der Waals surface area contributed by atoms with Gasteiger partial charge in [0.2, 0.25) is 0 Å². The van der Waals surface area contributed by atoms with E-state index in [-0.39, 0.29) is 11.1 Å². The van der Waals surface area contributed by atoms with Crippen LogP contribution in [0.25, 0.3) is 0 Å². The summed E-state index contributed by atoms with van der Waals surface area (Å²) < 4.78 is 13.5. The summed E-state index contributed by atoms with van der Waals surface area (Å²) in [6.45, 7) is 5.60. The van der Waals surface area contributed by atoms with Gasteiger partial charge in [-0.2, -0.15) is 0 Å². The molecule has 0 radical (unpaired) electrons. The molecule has 0 fully saturated rings. The molecule has 3 heteroatoms. The molecular weight excluding hydrogens is 201 g/mol. The molecule has 0 unspecified atom stereocenters. The zero-order chi connectivity index (χ0) is 10.7. The number of halogens is 2. The van der Waals surface area contributed by atoms with Crippen LogP contribution in [0, 0.1) is 5.82 Å². The minimum absolute atomic E-state index is 0.111. The minimum atomic E-state index is -0.428. The summed E-state index contributed by atoms with van der Waals surface area (Å²) in [5, 5.41) is 0.111. The van der Waals surface area contributed by atoms with E-state index >= 15 is 0 Å². The molecule has 0 spiro atoms. The standard InChI is InChI=1S/C11H13ClFN/c1-7(2)6-10(14)8-4-3-5-9(12)11(8)13/h3-5,10H,1,6,14H2,2H3/t10-/m0/s1. The molecule has 2 N–H and O–H groups in total. The highest BCUT2D eigenvalue weighted by molar-refractivity contribution is 6.30. The van der Waals surface area contributed by atoms with Crippen LogP contribution in [0.4, 0.5) is 4.39 Å². The van der Waals surface area contributed by atoms with Gasteiger partial charge < -0.3 is 5.73 Å². The van der Waals surface area contributed by atoms with Crippen LogP contribution in [0.2, 0.25) is 5.02 Å². The second kappa shape index (κ2) is 4.58. The lowest BCUT2D eigenvalue weighted by Gasteiger charge is -2.13. The van der Waals surface area contributed by atoms with Crippen LogP contribution < -0.4 is 5.73 Å². The minimum Gasteiger partial charge on any atom is -0.324 e. The summed E-state index contributed by atoms with van der Waals surface area (Å²) in [6.07, 6.45) is 0.567. The van der Waals surface area contributed by atoms with Crippen molar-refractivity contribution in [2.75, 3.05) is 0 Å². The van der Waals surface area contributed by atoms with E-state index < -0.39 is 5.82 Å². The first-order valence-electron chi connectivity index (χ1n) is 4.36. The maximum absolute atomic E-state index is 13.5. The number of benzene rings is 1. The van der Waals surface area contributed by atoms with Gasteiger partial charge >= 0.3 is 0 Å². The van der Waals surface area contributed by atoms with Gasteiger partial charge in [0.25, 0.3) is 0 Å². The number of hydrogen-bond acceptors (Lipinski definition) is 1. The highest BCUT2D eigenvalue weighted by Gasteiger charge is 2.13. The summed E-state index contributed by atoms with van der Waals surface area (Å²) in [7, 11) is 0. The van der Waals surface area contributed by atoms with Crippen molar-refractivity contribution in [2.24, 2.45) is 5.73 Å². The van der Waals surface area contributed by atoms with Crippen molar-refractivity contribution >= 4 is 11.6 Å². The van der Waals surface area contributed by atoms with Gasteiger partial charge in [-0.25, -0.2) is 4.39 Å². The highest BCUT2D eigenvalue weighted by atomic mass is 35.5. The molecule has 1 atom stereocenters. The van der Waals surface area contributed by atoms with Crippen molar-refractivity contribution in [1.29, 1.82) is 0 Å². The average molecular weight is 214 g/mol. The van der Waals surface area contributed by atoms with E-state index in [1.165, 1.54) is 6.07 Å². The maximum Gasteiger partial charge on any atom is 0.146 e. The lowest BCUT2D eigenvalue weighted by atomic mass is 10.0. The van der Waals surface area contributed by atoms with E-state index in [9.17, 15) is 4.39 Å². The fourth-order valence-corrected chi connectivity index (χ4v) is 1.47. The molecule has 0 saturated carbocycles. The van der Waals surface area contributed by atoms with Crippen LogP contribution in [-0.2, 0) is 0 Å². The third kappa shape index (κ3) is 2.56. The zero-order valence-corrected chi connectivity index (χ0v) is 8.81. The topological polar surface area (TPSA) is 26.0 Å². The van der Waals surface area contributed by atoms with Crippen LogP contribution in [0.3, 0.4) is 0 Å². The first kappa shape index (κ1) is 11.2. The predicted octanol–water partition coefficient (Wildman–Crippen LogP) is 3.45. The van der Waals surface area contributed by atoms with Crippen molar-refractivity contribution in [1.82, 2.24) is 0 Å². The molecule has 0 aromatic heterocycles. The van der Waals surface area contributed by atoms with Crippen LogP contribution in [0.15, 0.2) is 30.4 Å². The van der Waals surface area contributed by atoms with Gasteiger partial charge in [0.15, 0.2) is 0 Å². The summed E-state index contributed by atoms with van der Waals surface area (Å²) in [5.41, 5.74) is 7.18. The molecule has 0 aliphatic heterocycles. The number of nitrogens with two attached hydrogens (primary N) is 1. The van der Waals surface area contributed by atoms with Gasteiger partial charge in [-0.1, -0.05) is 29.3 Å². The molecule has 0 heterocycles. The van der Waals surface area contributed by atoms with Gasteiger partial charge in [-0.3, -0.25) is 0 Å². The second-order valence-electron chi connectivity index (χ2n) is 3.41. The Morgan fingerprint density at radius 2 is 2.29 bits per heavy atom. The Morgan fingerprint density at radius 1 is 1.64 bits per heavy atom. The fourth-order valence-electron chi connectivity index (χ4n) is 1.29. The molecule has 1 aromatic carbocycles. The van der Waals surface area contributed by atoms with Crippen molar-refractivity contribution in [3.05, 3.63) is 46.8 Å². The summed E-state index contributed by atoms with van der Waals surface area (Å²) in [4.78, 5) is 0. The summed E-state index contributed by atoms with van der Waals surface area (Å²) in [6, 6.07) is 4.48. The molecule has 14 heavy (non-hydrogen) atoms. The fraction of sp³-hybridized carbons (Fsp3) is 0.273.